The first kappa shape index (κ1) is 14.4. The molecule has 2 aromatic rings. The van der Waals surface area contributed by atoms with Crippen LogP contribution in [0.3, 0.4) is 0 Å². The monoisotopic (exact) mass is 304 g/mol. The van der Waals surface area contributed by atoms with Crippen molar-refractivity contribution in [1.82, 2.24) is 10.2 Å². The molecule has 3 rings (SSSR count). The van der Waals surface area contributed by atoms with E-state index in [0.717, 1.165) is 37.5 Å². The van der Waals surface area contributed by atoms with Crippen molar-refractivity contribution in [3.63, 3.8) is 0 Å². The largest absolute Gasteiger partial charge is 0.508 e. The van der Waals surface area contributed by atoms with E-state index in [9.17, 15) is 5.11 Å². The molecule has 2 heterocycles. The molecule has 0 unspecified atom stereocenters. The van der Waals surface area contributed by atoms with Gasteiger partial charge < -0.3 is 15.2 Å². The van der Waals surface area contributed by atoms with Crippen LogP contribution in [0, 0.1) is 0 Å². The number of piperazine rings is 1. The predicted molar refractivity (Wildman–Crippen MR) is 85.3 cm³/mol. The summed E-state index contributed by atoms with van der Waals surface area (Å²) < 4.78 is 5.33. The molecule has 0 amide bonds. The van der Waals surface area contributed by atoms with Crippen LogP contribution in [0.15, 0.2) is 35.7 Å². The summed E-state index contributed by atoms with van der Waals surface area (Å²) in [5.41, 5.74) is 0.915. The zero-order valence-corrected chi connectivity index (χ0v) is 12.9. The van der Waals surface area contributed by atoms with Crippen molar-refractivity contribution in [2.45, 2.75) is 6.04 Å². The van der Waals surface area contributed by atoms with Crippen molar-refractivity contribution in [2.24, 2.45) is 0 Å². The lowest BCUT2D eigenvalue weighted by Gasteiger charge is -2.35. The van der Waals surface area contributed by atoms with E-state index in [1.807, 2.05) is 6.07 Å². The molecule has 0 aliphatic carbocycles. The summed E-state index contributed by atoms with van der Waals surface area (Å²) in [7, 11) is 1.65. The fourth-order valence-electron chi connectivity index (χ4n) is 2.80. The highest BCUT2D eigenvalue weighted by atomic mass is 32.1. The lowest BCUT2D eigenvalue weighted by molar-refractivity contribution is 0.197. The summed E-state index contributed by atoms with van der Waals surface area (Å²) in [5, 5.41) is 15.8. The van der Waals surface area contributed by atoms with Crippen LogP contribution in [0.4, 0.5) is 0 Å². The van der Waals surface area contributed by atoms with Gasteiger partial charge in [-0.25, -0.2) is 0 Å². The number of hydrogen-bond acceptors (Lipinski definition) is 5. The molecule has 2 N–H and O–H groups in total. The van der Waals surface area contributed by atoms with Gasteiger partial charge in [0.15, 0.2) is 0 Å². The Labute approximate surface area is 129 Å². The Hall–Kier alpha value is -1.56. The summed E-state index contributed by atoms with van der Waals surface area (Å²) in [5.74, 6) is 1.10. The minimum absolute atomic E-state index is 0.0854. The lowest BCUT2D eigenvalue weighted by Crippen LogP contribution is -2.45. The highest BCUT2D eigenvalue weighted by Crippen LogP contribution is 2.38. The van der Waals surface area contributed by atoms with E-state index in [-0.39, 0.29) is 6.04 Å². The molecular formula is C16H20N2O2S. The van der Waals surface area contributed by atoms with Crippen LogP contribution in [0.1, 0.15) is 16.5 Å². The average Bonchev–Trinajstić information content (AvgIpc) is 3.04. The molecule has 1 aliphatic heterocycles. The first-order valence-electron chi connectivity index (χ1n) is 7.14. The Morgan fingerprint density at radius 1 is 1.29 bits per heavy atom. The van der Waals surface area contributed by atoms with Crippen LogP contribution in [0.2, 0.25) is 0 Å². The number of nitrogens with zero attached hydrogens (tertiary/aromatic N) is 1. The Morgan fingerprint density at radius 2 is 2.10 bits per heavy atom. The van der Waals surface area contributed by atoms with E-state index in [1.54, 1.807) is 30.6 Å². The predicted octanol–water partition coefficient (Wildman–Crippen LogP) is 2.46. The van der Waals surface area contributed by atoms with Crippen LogP contribution in [-0.4, -0.2) is 43.3 Å². The Balaban J connectivity index is 2.02. The number of aromatic hydroxyl groups is 1. The maximum atomic E-state index is 10.3. The molecule has 1 aromatic carbocycles. The molecule has 21 heavy (non-hydrogen) atoms. The fourth-order valence-corrected chi connectivity index (χ4v) is 3.67. The maximum Gasteiger partial charge on any atom is 0.121 e. The van der Waals surface area contributed by atoms with Crippen molar-refractivity contribution >= 4 is 11.3 Å². The quantitative estimate of drug-likeness (QED) is 0.911. The topological polar surface area (TPSA) is 44.7 Å². The molecule has 1 saturated heterocycles. The number of nitrogens with one attached hydrogen (secondary N) is 1. The number of benzene rings is 1. The van der Waals surface area contributed by atoms with Gasteiger partial charge in [0.1, 0.15) is 11.5 Å². The number of thiophene rings is 1. The number of phenolic OH excluding ortho intramolecular Hbond substituents is 1. The maximum absolute atomic E-state index is 10.3. The number of phenols is 1. The third kappa shape index (κ3) is 3.05. The summed E-state index contributed by atoms with van der Waals surface area (Å²) in [6, 6.07) is 9.74. The SMILES string of the molecule is COc1ccc(O)c([C@@H](c2cccs2)N2CCNCC2)c1. The molecule has 0 saturated carbocycles. The van der Waals surface area contributed by atoms with Crippen LogP contribution in [0.25, 0.3) is 0 Å². The second kappa shape index (κ2) is 6.47. The number of rotatable bonds is 4. The van der Waals surface area contributed by atoms with Crippen LogP contribution < -0.4 is 10.1 Å². The van der Waals surface area contributed by atoms with E-state index in [4.69, 9.17) is 4.74 Å². The van der Waals surface area contributed by atoms with E-state index in [1.165, 1.54) is 4.88 Å². The first-order valence-corrected chi connectivity index (χ1v) is 8.02. The normalized spacial score (nSPS) is 17.6. The average molecular weight is 304 g/mol. The van der Waals surface area contributed by atoms with E-state index in [2.05, 4.69) is 27.7 Å². The second-order valence-electron chi connectivity index (χ2n) is 5.13. The van der Waals surface area contributed by atoms with Crippen molar-refractivity contribution in [1.29, 1.82) is 0 Å². The molecule has 5 heteroatoms. The standard InChI is InChI=1S/C16H20N2O2S/c1-20-12-4-5-14(19)13(11-12)16(15-3-2-10-21-15)18-8-6-17-7-9-18/h2-5,10-11,16-17,19H,6-9H2,1H3/t16-/m0/s1. The Morgan fingerprint density at radius 3 is 2.76 bits per heavy atom. The molecule has 0 bridgehead atoms. The molecule has 0 radical (unpaired) electrons. The van der Waals surface area contributed by atoms with E-state index < -0.39 is 0 Å². The molecule has 1 aliphatic rings. The Kier molecular flexibility index (Phi) is 4.43. The van der Waals surface area contributed by atoms with Crippen molar-refractivity contribution < 1.29 is 9.84 Å². The summed E-state index contributed by atoms with van der Waals surface area (Å²) in [6.45, 7) is 3.90. The van der Waals surface area contributed by atoms with Gasteiger partial charge in [-0.3, -0.25) is 4.90 Å². The van der Waals surface area contributed by atoms with Gasteiger partial charge >= 0.3 is 0 Å². The Bertz CT molecular complexity index is 580. The van der Waals surface area contributed by atoms with Gasteiger partial charge in [0.05, 0.1) is 13.2 Å². The first-order chi connectivity index (χ1) is 10.3. The molecule has 1 atom stereocenters. The zero-order valence-electron chi connectivity index (χ0n) is 12.1. The summed E-state index contributed by atoms with van der Waals surface area (Å²) >= 11 is 1.73. The summed E-state index contributed by atoms with van der Waals surface area (Å²) in [4.78, 5) is 3.66. The number of methoxy groups -OCH3 is 1. The van der Waals surface area contributed by atoms with Crippen LogP contribution >= 0.6 is 11.3 Å². The lowest BCUT2D eigenvalue weighted by atomic mass is 10.0. The van der Waals surface area contributed by atoms with E-state index in [0.29, 0.717) is 5.75 Å². The molecule has 112 valence electrons. The van der Waals surface area contributed by atoms with Gasteiger partial charge in [-0.1, -0.05) is 6.07 Å². The summed E-state index contributed by atoms with van der Waals surface area (Å²) in [6.07, 6.45) is 0. The number of hydrogen-bond donors (Lipinski definition) is 2. The second-order valence-corrected chi connectivity index (χ2v) is 6.11. The molecule has 1 fully saturated rings. The van der Waals surface area contributed by atoms with Gasteiger partial charge in [0.25, 0.3) is 0 Å². The van der Waals surface area contributed by atoms with Crippen molar-refractivity contribution in [3.8, 4) is 11.5 Å². The van der Waals surface area contributed by atoms with Gasteiger partial charge in [-0.15, -0.1) is 11.3 Å². The van der Waals surface area contributed by atoms with Gasteiger partial charge in [-0.2, -0.15) is 0 Å². The van der Waals surface area contributed by atoms with Gasteiger partial charge in [-0.05, 0) is 29.6 Å². The minimum Gasteiger partial charge on any atom is -0.508 e. The smallest absolute Gasteiger partial charge is 0.121 e. The highest BCUT2D eigenvalue weighted by Gasteiger charge is 2.27. The van der Waals surface area contributed by atoms with E-state index >= 15 is 0 Å². The molecule has 4 nitrogen and oxygen atoms in total. The fraction of sp³-hybridized carbons (Fsp3) is 0.375. The molecular weight excluding hydrogens is 284 g/mol. The van der Waals surface area contributed by atoms with Gasteiger partial charge in [0, 0.05) is 36.6 Å². The van der Waals surface area contributed by atoms with Crippen LogP contribution in [0.5, 0.6) is 11.5 Å². The molecule has 0 spiro atoms. The number of ether oxygens (including phenoxy) is 1. The zero-order chi connectivity index (χ0) is 14.7. The van der Waals surface area contributed by atoms with Crippen molar-refractivity contribution in [3.05, 3.63) is 46.2 Å². The third-order valence-electron chi connectivity index (χ3n) is 3.86. The minimum atomic E-state index is 0.0854. The third-order valence-corrected chi connectivity index (χ3v) is 4.78. The molecule has 1 aromatic heterocycles. The van der Waals surface area contributed by atoms with Crippen LogP contribution in [-0.2, 0) is 0 Å². The highest BCUT2D eigenvalue weighted by molar-refractivity contribution is 7.10. The van der Waals surface area contributed by atoms with Crippen molar-refractivity contribution in [2.75, 3.05) is 33.3 Å². The van der Waals surface area contributed by atoms with Gasteiger partial charge in [0.2, 0.25) is 0 Å².